The average molecular weight is 270 g/mol. The van der Waals surface area contributed by atoms with Crippen molar-refractivity contribution in [2.24, 2.45) is 5.73 Å². The highest BCUT2D eigenvalue weighted by Gasteiger charge is 2.36. The van der Waals surface area contributed by atoms with Gasteiger partial charge in [-0.05, 0) is 6.92 Å². The van der Waals surface area contributed by atoms with Gasteiger partial charge in [0.25, 0.3) is 5.92 Å². The Hall–Kier alpha value is -1.04. The summed E-state index contributed by atoms with van der Waals surface area (Å²) in [7, 11) is 0. The van der Waals surface area contributed by atoms with Crippen molar-refractivity contribution in [3.8, 4) is 0 Å². The van der Waals surface area contributed by atoms with Crippen LogP contribution in [0.4, 0.5) is 8.78 Å². The van der Waals surface area contributed by atoms with Crippen molar-refractivity contribution in [2.75, 3.05) is 26.2 Å². The van der Waals surface area contributed by atoms with Crippen LogP contribution in [0, 0.1) is 0 Å². The highest BCUT2D eigenvalue weighted by molar-refractivity contribution is 5.20. The first-order chi connectivity index (χ1) is 8.99. The molecule has 2 atom stereocenters. The molecular formula is C14H20F2N2O. The van der Waals surface area contributed by atoms with E-state index < -0.39 is 5.92 Å². The summed E-state index contributed by atoms with van der Waals surface area (Å²) in [5.74, 6) is -2.85. The summed E-state index contributed by atoms with van der Waals surface area (Å²) in [5, 5.41) is 0. The fraction of sp³-hybridized carbons (Fsp3) is 0.571. The number of hydrogen-bond donors (Lipinski definition) is 1. The van der Waals surface area contributed by atoms with Crippen LogP contribution in [0.3, 0.4) is 0 Å². The number of rotatable bonds is 4. The van der Waals surface area contributed by atoms with Gasteiger partial charge in [-0.3, -0.25) is 4.90 Å². The molecule has 0 bridgehead atoms. The molecular weight excluding hydrogens is 250 g/mol. The van der Waals surface area contributed by atoms with Crippen LogP contribution in [0.1, 0.15) is 12.5 Å². The maximum atomic E-state index is 14.2. The third kappa shape index (κ3) is 3.72. The van der Waals surface area contributed by atoms with E-state index in [2.05, 4.69) is 0 Å². The molecule has 1 aromatic rings. The topological polar surface area (TPSA) is 38.5 Å². The minimum Gasteiger partial charge on any atom is -0.374 e. The van der Waals surface area contributed by atoms with Crippen molar-refractivity contribution in [3.05, 3.63) is 35.9 Å². The highest BCUT2D eigenvalue weighted by atomic mass is 19.3. The SMILES string of the molecule is CC(N)C1CN(CC(F)(F)c2ccccc2)CCO1. The summed E-state index contributed by atoms with van der Waals surface area (Å²) < 4.78 is 33.8. The van der Waals surface area contributed by atoms with Crippen LogP contribution >= 0.6 is 0 Å². The van der Waals surface area contributed by atoms with Gasteiger partial charge in [-0.1, -0.05) is 30.3 Å². The predicted molar refractivity (Wildman–Crippen MR) is 70.2 cm³/mol. The van der Waals surface area contributed by atoms with Gasteiger partial charge in [0.05, 0.1) is 19.3 Å². The lowest BCUT2D eigenvalue weighted by molar-refractivity contribution is -0.0880. The molecule has 0 amide bonds. The van der Waals surface area contributed by atoms with E-state index in [-0.39, 0.29) is 24.3 Å². The maximum Gasteiger partial charge on any atom is 0.285 e. The van der Waals surface area contributed by atoms with Crippen molar-refractivity contribution in [1.29, 1.82) is 0 Å². The Labute approximate surface area is 112 Å². The predicted octanol–water partition coefficient (Wildman–Crippen LogP) is 1.83. The lowest BCUT2D eigenvalue weighted by Crippen LogP contribution is -2.51. The van der Waals surface area contributed by atoms with Crippen LogP contribution in [0.15, 0.2) is 30.3 Å². The fourth-order valence-electron chi connectivity index (χ4n) is 2.25. The Balaban J connectivity index is 2.00. The minimum atomic E-state index is -2.85. The van der Waals surface area contributed by atoms with Crippen molar-refractivity contribution < 1.29 is 13.5 Å². The van der Waals surface area contributed by atoms with E-state index >= 15 is 0 Å². The lowest BCUT2D eigenvalue weighted by Gasteiger charge is -2.36. The van der Waals surface area contributed by atoms with E-state index in [1.54, 1.807) is 23.1 Å². The van der Waals surface area contributed by atoms with Gasteiger partial charge in [0.2, 0.25) is 0 Å². The summed E-state index contributed by atoms with van der Waals surface area (Å²) in [6.07, 6.45) is -0.166. The number of morpholine rings is 1. The molecule has 5 heteroatoms. The van der Waals surface area contributed by atoms with Gasteiger partial charge < -0.3 is 10.5 Å². The monoisotopic (exact) mass is 270 g/mol. The molecule has 2 N–H and O–H groups in total. The molecule has 19 heavy (non-hydrogen) atoms. The van der Waals surface area contributed by atoms with Gasteiger partial charge in [-0.2, -0.15) is 8.78 Å². The standard InChI is InChI=1S/C14H20F2N2O/c1-11(17)13-9-18(7-8-19-13)10-14(15,16)12-5-3-2-4-6-12/h2-6,11,13H,7-10,17H2,1H3. The first kappa shape index (κ1) is 14.4. The molecule has 1 aliphatic rings. The second-order valence-electron chi connectivity index (χ2n) is 5.07. The minimum absolute atomic E-state index is 0.0545. The Kier molecular flexibility index (Phi) is 4.50. The molecule has 3 nitrogen and oxygen atoms in total. The molecule has 1 saturated heterocycles. The average Bonchev–Trinajstić information content (AvgIpc) is 2.39. The molecule has 1 aliphatic heterocycles. The largest absolute Gasteiger partial charge is 0.374 e. The van der Waals surface area contributed by atoms with E-state index in [0.29, 0.717) is 19.7 Å². The van der Waals surface area contributed by atoms with Crippen molar-refractivity contribution in [1.82, 2.24) is 4.90 Å². The molecule has 0 aliphatic carbocycles. The Morgan fingerprint density at radius 2 is 2.11 bits per heavy atom. The van der Waals surface area contributed by atoms with Crippen LogP contribution in [-0.4, -0.2) is 43.3 Å². The maximum absolute atomic E-state index is 14.2. The van der Waals surface area contributed by atoms with E-state index in [1.807, 2.05) is 6.92 Å². The van der Waals surface area contributed by atoms with E-state index in [1.165, 1.54) is 12.1 Å². The molecule has 106 valence electrons. The first-order valence-electron chi connectivity index (χ1n) is 6.52. The van der Waals surface area contributed by atoms with Crippen LogP contribution in [-0.2, 0) is 10.7 Å². The molecule has 0 aromatic heterocycles. The lowest BCUT2D eigenvalue weighted by atomic mass is 10.1. The summed E-state index contributed by atoms with van der Waals surface area (Å²) in [5.41, 5.74) is 5.82. The van der Waals surface area contributed by atoms with E-state index in [9.17, 15) is 8.78 Å². The summed E-state index contributed by atoms with van der Waals surface area (Å²) in [4.78, 5) is 1.73. The first-order valence-corrected chi connectivity index (χ1v) is 6.52. The number of benzene rings is 1. The molecule has 1 fully saturated rings. The molecule has 1 heterocycles. The van der Waals surface area contributed by atoms with Gasteiger partial charge in [-0.25, -0.2) is 0 Å². The second-order valence-corrected chi connectivity index (χ2v) is 5.07. The molecule has 0 spiro atoms. The Bertz CT molecular complexity index is 398. The number of hydrogen-bond acceptors (Lipinski definition) is 3. The number of halogens is 2. The van der Waals surface area contributed by atoms with Crippen LogP contribution in [0.25, 0.3) is 0 Å². The zero-order chi connectivity index (χ0) is 13.9. The van der Waals surface area contributed by atoms with Gasteiger partial charge in [0.15, 0.2) is 0 Å². The summed E-state index contributed by atoms with van der Waals surface area (Å²) in [6, 6.07) is 7.78. The van der Waals surface area contributed by atoms with Gasteiger partial charge >= 0.3 is 0 Å². The van der Waals surface area contributed by atoms with Gasteiger partial charge in [0, 0.05) is 24.7 Å². The number of nitrogens with zero attached hydrogens (tertiary/aromatic N) is 1. The third-order valence-corrected chi connectivity index (χ3v) is 3.38. The van der Waals surface area contributed by atoms with Crippen molar-refractivity contribution in [3.63, 3.8) is 0 Å². The number of ether oxygens (including phenoxy) is 1. The van der Waals surface area contributed by atoms with E-state index in [0.717, 1.165) is 0 Å². The summed E-state index contributed by atoms with van der Waals surface area (Å²) in [6.45, 7) is 2.98. The molecule has 2 unspecified atom stereocenters. The molecule has 0 saturated carbocycles. The normalized spacial score (nSPS) is 23.3. The number of alkyl halides is 2. The summed E-state index contributed by atoms with van der Waals surface area (Å²) >= 11 is 0. The van der Waals surface area contributed by atoms with Crippen LogP contribution in [0.5, 0.6) is 0 Å². The van der Waals surface area contributed by atoms with Crippen molar-refractivity contribution >= 4 is 0 Å². The quantitative estimate of drug-likeness (QED) is 0.907. The Morgan fingerprint density at radius 1 is 1.42 bits per heavy atom. The molecule has 2 rings (SSSR count). The number of nitrogens with two attached hydrogens (primary N) is 1. The molecule has 1 aromatic carbocycles. The Morgan fingerprint density at radius 3 is 2.74 bits per heavy atom. The smallest absolute Gasteiger partial charge is 0.285 e. The highest BCUT2D eigenvalue weighted by Crippen LogP contribution is 2.29. The van der Waals surface area contributed by atoms with Gasteiger partial charge in [0.1, 0.15) is 0 Å². The fourth-order valence-corrected chi connectivity index (χ4v) is 2.25. The zero-order valence-corrected chi connectivity index (χ0v) is 11.1. The van der Waals surface area contributed by atoms with Crippen molar-refractivity contribution in [2.45, 2.75) is 25.0 Å². The van der Waals surface area contributed by atoms with E-state index in [4.69, 9.17) is 10.5 Å². The third-order valence-electron chi connectivity index (χ3n) is 3.38. The van der Waals surface area contributed by atoms with Gasteiger partial charge in [-0.15, -0.1) is 0 Å². The van der Waals surface area contributed by atoms with Crippen LogP contribution < -0.4 is 5.73 Å². The molecule has 0 radical (unpaired) electrons. The van der Waals surface area contributed by atoms with Crippen LogP contribution in [0.2, 0.25) is 0 Å². The zero-order valence-electron chi connectivity index (χ0n) is 11.1. The second kappa shape index (κ2) is 5.94.